The van der Waals surface area contributed by atoms with E-state index < -0.39 is 5.91 Å². The third-order valence-electron chi connectivity index (χ3n) is 1.94. The normalized spacial score (nSPS) is 9.44. The Kier molecular flexibility index (Phi) is 2.61. The Labute approximate surface area is 90.9 Å². The van der Waals surface area contributed by atoms with Crippen molar-refractivity contribution in [2.75, 3.05) is 5.32 Å². The zero-order valence-corrected chi connectivity index (χ0v) is 8.14. The molecule has 0 spiro atoms. The quantitative estimate of drug-likeness (QED) is 0.775. The summed E-state index contributed by atoms with van der Waals surface area (Å²) in [4.78, 5) is 11.6. The summed E-state index contributed by atoms with van der Waals surface area (Å²) in [7, 11) is 0. The van der Waals surface area contributed by atoms with E-state index in [1.807, 2.05) is 6.07 Å². The SMILES string of the molecule is N#Cc1ccccc1NC(=O)c1cn[nH]n1. The molecule has 16 heavy (non-hydrogen) atoms. The van der Waals surface area contributed by atoms with Crippen LogP contribution in [0.25, 0.3) is 0 Å². The molecule has 0 fully saturated rings. The van der Waals surface area contributed by atoms with Gasteiger partial charge >= 0.3 is 0 Å². The molecule has 6 heteroatoms. The second-order valence-electron chi connectivity index (χ2n) is 2.97. The van der Waals surface area contributed by atoms with E-state index in [0.29, 0.717) is 11.3 Å². The Morgan fingerprint density at radius 1 is 1.44 bits per heavy atom. The van der Waals surface area contributed by atoms with Crippen molar-refractivity contribution in [2.45, 2.75) is 0 Å². The molecule has 0 aliphatic carbocycles. The van der Waals surface area contributed by atoms with Crippen LogP contribution < -0.4 is 5.32 Å². The van der Waals surface area contributed by atoms with Crippen molar-refractivity contribution >= 4 is 11.6 Å². The van der Waals surface area contributed by atoms with Gasteiger partial charge in [0, 0.05) is 0 Å². The van der Waals surface area contributed by atoms with Gasteiger partial charge in [-0.05, 0) is 12.1 Å². The lowest BCUT2D eigenvalue weighted by molar-refractivity contribution is 0.102. The van der Waals surface area contributed by atoms with Gasteiger partial charge in [-0.25, -0.2) is 0 Å². The second kappa shape index (κ2) is 4.23. The van der Waals surface area contributed by atoms with Crippen LogP contribution in [0.1, 0.15) is 16.1 Å². The molecule has 1 heterocycles. The zero-order valence-electron chi connectivity index (χ0n) is 8.14. The maximum Gasteiger partial charge on any atom is 0.277 e. The summed E-state index contributed by atoms with van der Waals surface area (Å²) in [5.41, 5.74) is 1.03. The lowest BCUT2D eigenvalue weighted by Crippen LogP contribution is -2.13. The monoisotopic (exact) mass is 213 g/mol. The van der Waals surface area contributed by atoms with Crippen molar-refractivity contribution in [1.29, 1.82) is 5.26 Å². The molecule has 78 valence electrons. The maximum absolute atomic E-state index is 11.6. The fourth-order valence-corrected chi connectivity index (χ4v) is 1.19. The van der Waals surface area contributed by atoms with Gasteiger partial charge in [0.05, 0.1) is 17.4 Å². The van der Waals surface area contributed by atoms with E-state index in [1.54, 1.807) is 24.3 Å². The molecule has 1 aromatic heterocycles. The summed E-state index contributed by atoms with van der Waals surface area (Å²) in [6.45, 7) is 0. The van der Waals surface area contributed by atoms with Crippen molar-refractivity contribution in [3.8, 4) is 6.07 Å². The van der Waals surface area contributed by atoms with Gasteiger partial charge in [0.1, 0.15) is 6.07 Å². The number of para-hydroxylation sites is 1. The molecule has 0 unspecified atom stereocenters. The number of H-pyrrole nitrogens is 1. The number of benzene rings is 1. The van der Waals surface area contributed by atoms with Crippen molar-refractivity contribution in [1.82, 2.24) is 15.4 Å². The summed E-state index contributed by atoms with van der Waals surface area (Å²) >= 11 is 0. The number of nitrogens with zero attached hydrogens (tertiary/aromatic N) is 3. The number of aromatic amines is 1. The third-order valence-corrected chi connectivity index (χ3v) is 1.94. The number of hydrogen-bond acceptors (Lipinski definition) is 4. The molecule has 2 N–H and O–H groups in total. The number of rotatable bonds is 2. The molecule has 0 aliphatic rings. The fraction of sp³-hybridized carbons (Fsp3) is 0. The minimum absolute atomic E-state index is 0.174. The van der Waals surface area contributed by atoms with Gasteiger partial charge in [0.25, 0.3) is 5.91 Å². The fourth-order valence-electron chi connectivity index (χ4n) is 1.19. The molecular formula is C10H7N5O. The first-order valence-electron chi connectivity index (χ1n) is 4.47. The Balaban J connectivity index is 2.22. The van der Waals surface area contributed by atoms with Crippen LogP contribution in [0.4, 0.5) is 5.69 Å². The van der Waals surface area contributed by atoms with Crippen LogP contribution >= 0.6 is 0 Å². The van der Waals surface area contributed by atoms with Crippen LogP contribution in [-0.4, -0.2) is 21.3 Å². The Hall–Kier alpha value is -2.68. The first-order chi connectivity index (χ1) is 7.81. The standard InChI is InChI=1S/C10H7N5O/c11-5-7-3-1-2-4-8(7)13-10(16)9-6-12-15-14-9/h1-4,6H,(H,13,16)(H,12,14,15). The lowest BCUT2D eigenvalue weighted by atomic mass is 10.2. The van der Waals surface area contributed by atoms with E-state index in [-0.39, 0.29) is 5.69 Å². The van der Waals surface area contributed by atoms with Gasteiger partial charge in [-0.2, -0.15) is 20.7 Å². The number of hydrogen-bond donors (Lipinski definition) is 2. The van der Waals surface area contributed by atoms with Crippen molar-refractivity contribution in [3.63, 3.8) is 0 Å². The Morgan fingerprint density at radius 2 is 2.25 bits per heavy atom. The summed E-state index contributed by atoms with van der Waals surface area (Å²) in [5, 5.41) is 20.9. The first-order valence-corrected chi connectivity index (χ1v) is 4.47. The highest BCUT2D eigenvalue weighted by Gasteiger charge is 2.10. The average Bonchev–Trinajstić information content (AvgIpc) is 2.83. The largest absolute Gasteiger partial charge is 0.319 e. The molecule has 0 radical (unpaired) electrons. The van der Waals surface area contributed by atoms with Crippen molar-refractivity contribution in [2.24, 2.45) is 0 Å². The molecule has 0 aliphatic heterocycles. The predicted molar refractivity (Wildman–Crippen MR) is 55.5 cm³/mol. The highest BCUT2D eigenvalue weighted by Crippen LogP contribution is 2.14. The Bertz CT molecular complexity index is 541. The number of nitrogens with one attached hydrogen (secondary N) is 2. The Morgan fingerprint density at radius 3 is 2.94 bits per heavy atom. The van der Waals surface area contributed by atoms with Gasteiger partial charge in [-0.15, -0.1) is 0 Å². The summed E-state index contributed by atoms with van der Waals surface area (Å²) in [6, 6.07) is 8.72. The predicted octanol–water partition coefficient (Wildman–Crippen LogP) is 0.929. The van der Waals surface area contributed by atoms with Gasteiger partial charge in [0.15, 0.2) is 5.69 Å². The summed E-state index contributed by atoms with van der Waals surface area (Å²) in [5.74, 6) is -0.406. The van der Waals surface area contributed by atoms with E-state index in [4.69, 9.17) is 5.26 Å². The number of aromatic nitrogens is 3. The number of nitriles is 1. The van der Waals surface area contributed by atoms with Crippen LogP contribution in [0.15, 0.2) is 30.5 Å². The van der Waals surface area contributed by atoms with Gasteiger partial charge in [-0.3, -0.25) is 4.79 Å². The van der Waals surface area contributed by atoms with Crippen LogP contribution in [0.5, 0.6) is 0 Å². The zero-order chi connectivity index (χ0) is 11.4. The second-order valence-corrected chi connectivity index (χ2v) is 2.97. The number of carbonyl (C=O) groups is 1. The van der Waals surface area contributed by atoms with Crippen molar-refractivity contribution in [3.05, 3.63) is 41.7 Å². The molecule has 2 aromatic rings. The lowest BCUT2D eigenvalue weighted by Gasteiger charge is -2.03. The van der Waals surface area contributed by atoms with E-state index in [0.717, 1.165) is 0 Å². The van der Waals surface area contributed by atoms with Crippen LogP contribution in [0, 0.1) is 11.3 Å². The summed E-state index contributed by atoms with van der Waals surface area (Å²) < 4.78 is 0. The minimum atomic E-state index is -0.406. The van der Waals surface area contributed by atoms with E-state index in [9.17, 15) is 4.79 Å². The molecule has 6 nitrogen and oxygen atoms in total. The van der Waals surface area contributed by atoms with Gasteiger partial charge < -0.3 is 5.32 Å². The molecule has 1 aromatic carbocycles. The molecular weight excluding hydrogens is 206 g/mol. The number of anilines is 1. The van der Waals surface area contributed by atoms with E-state index in [2.05, 4.69) is 20.7 Å². The molecule has 0 saturated carbocycles. The average molecular weight is 213 g/mol. The van der Waals surface area contributed by atoms with E-state index in [1.165, 1.54) is 6.20 Å². The summed E-state index contributed by atoms with van der Waals surface area (Å²) in [6.07, 6.45) is 1.31. The maximum atomic E-state index is 11.6. The highest BCUT2D eigenvalue weighted by molar-refractivity contribution is 6.03. The van der Waals surface area contributed by atoms with E-state index >= 15 is 0 Å². The molecule has 0 bridgehead atoms. The molecule has 1 amide bonds. The molecule has 0 atom stereocenters. The topological polar surface area (TPSA) is 94.5 Å². The van der Waals surface area contributed by atoms with Crippen LogP contribution in [0.2, 0.25) is 0 Å². The number of carbonyl (C=O) groups excluding carboxylic acids is 1. The number of amides is 1. The van der Waals surface area contributed by atoms with Crippen LogP contribution in [0.3, 0.4) is 0 Å². The molecule has 0 saturated heterocycles. The van der Waals surface area contributed by atoms with Gasteiger partial charge in [0.2, 0.25) is 0 Å². The van der Waals surface area contributed by atoms with Crippen LogP contribution in [-0.2, 0) is 0 Å². The van der Waals surface area contributed by atoms with Gasteiger partial charge in [-0.1, -0.05) is 12.1 Å². The highest BCUT2D eigenvalue weighted by atomic mass is 16.2. The third kappa shape index (κ3) is 1.88. The minimum Gasteiger partial charge on any atom is -0.319 e. The molecule has 2 rings (SSSR count). The first kappa shape index (κ1) is 9.86. The smallest absolute Gasteiger partial charge is 0.277 e. The van der Waals surface area contributed by atoms with Crippen molar-refractivity contribution < 1.29 is 4.79 Å².